The van der Waals surface area contributed by atoms with E-state index in [1.165, 1.54) is 24.7 Å². The molecule has 16 heavy (non-hydrogen) atoms. The van der Waals surface area contributed by atoms with E-state index in [0.29, 0.717) is 19.0 Å². The van der Waals surface area contributed by atoms with E-state index in [0.717, 1.165) is 6.54 Å². The average molecular weight is 226 g/mol. The summed E-state index contributed by atoms with van der Waals surface area (Å²) < 4.78 is 0. The number of rotatable bonds is 3. The smallest absolute Gasteiger partial charge is 0.331 e. The molecule has 1 atom stereocenters. The lowest BCUT2D eigenvalue weighted by atomic mass is 9.96. The molecule has 1 unspecified atom stereocenters. The second-order valence-corrected chi connectivity index (χ2v) is 4.87. The third-order valence-electron chi connectivity index (χ3n) is 3.85. The number of carboxylic acid groups (broad SMARTS) is 1. The molecule has 0 bridgehead atoms. The van der Waals surface area contributed by atoms with Gasteiger partial charge in [0, 0.05) is 33.1 Å². The van der Waals surface area contributed by atoms with Gasteiger partial charge < -0.3 is 10.0 Å². The van der Waals surface area contributed by atoms with Crippen LogP contribution >= 0.6 is 0 Å². The molecule has 1 saturated heterocycles. The van der Waals surface area contributed by atoms with Crippen molar-refractivity contribution in [3.63, 3.8) is 0 Å². The van der Waals surface area contributed by atoms with Gasteiger partial charge in [0.05, 0.1) is 0 Å². The SMILES string of the molecule is CC(=O)N(C)C1(C(=O)O)CCN(C2CC2)C1. The molecule has 5 heteroatoms. The average Bonchev–Trinajstić information content (AvgIpc) is 2.96. The number of hydrogen-bond acceptors (Lipinski definition) is 3. The Morgan fingerprint density at radius 2 is 2.06 bits per heavy atom. The van der Waals surface area contributed by atoms with Gasteiger partial charge >= 0.3 is 5.97 Å². The Bertz CT molecular complexity index is 327. The van der Waals surface area contributed by atoms with E-state index in [9.17, 15) is 14.7 Å². The first-order valence-corrected chi connectivity index (χ1v) is 5.69. The largest absolute Gasteiger partial charge is 0.479 e. The van der Waals surface area contributed by atoms with Crippen LogP contribution in [0.25, 0.3) is 0 Å². The first kappa shape index (κ1) is 11.4. The van der Waals surface area contributed by atoms with Gasteiger partial charge in [0.25, 0.3) is 0 Å². The quantitative estimate of drug-likeness (QED) is 0.744. The maximum Gasteiger partial charge on any atom is 0.331 e. The molecule has 2 aliphatic rings. The topological polar surface area (TPSA) is 60.9 Å². The van der Waals surface area contributed by atoms with Crippen LogP contribution in [-0.4, -0.2) is 58.5 Å². The molecule has 1 saturated carbocycles. The normalized spacial score (nSPS) is 30.4. The zero-order valence-electron chi connectivity index (χ0n) is 9.77. The van der Waals surface area contributed by atoms with Gasteiger partial charge in [0.15, 0.2) is 5.54 Å². The minimum Gasteiger partial charge on any atom is -0.479 e. The number of hydrogen-bond donors (Lipinski definition) is 1. The van der Waals surface area contributed by atoms with Gasteiger partial charge in [-0.15, -0.1) is 0 Å². The molecule has 2 rings (SSSR count). The van der Waals surface area contributed by atoms with Crippen LogP contribution in [0, 0.1) is 0 Å². The molecule has 1 N–H and O–H groups in total. The van der Waals surface area contributed by atoms with Gasteiger partial charge in [-0.25, -0.2) is 4.79 Å². The van der Waals surface area contributed by atoms with Crippen molar-refractivity contribution in [2.24, 2.45) is 0 Å². The van der Waals surface area contributed by atoms with Gasteiger partial charge in [-0.1, -0.05) is 0 Å². The number of aliphatic carboxylic acids is 1. The molecular formula is C11H18N2O3. The van der Waals surface area contributed by atoms with Crippen molar-refractivity contribution >= 4 is 11.9 Å². The van der Waals surface area contributed by atoms with Crippen LogP contribution in [0.1, 0.15) is 26.2 Å². The van der Waals surface area contributed by atoms with Crippen molar-refractivity contribution in [2.75, 3.05) is 20.1 Å². The molecule has 1 heterocycles. The molecule has 0 aromatic carbocycles. The third-order valence-corrected chi connectivity index (χ3v) is 3.85. The fraction of sp³-hybridized carbons (Fsp3) is 0.818. The molecule has 1 aliphatic carbocycles. The van der Waals surface area contributed by atoms with Crippen molar-refractivity contribution in [1.82, 2.24) is 9.80 Å². The Kier molecular flexibility index (Phi) is 2.66. The Balaban J connectivity index is 2.17. The summed E-state index contributed by atoms with van der Waals surface area (Å²) in [4.78, 5) is 26.4. The van der Waals surface area contributed by atoms with Gasteiger partial charge in [-0.05, 0) is 19.3 Å². The van der Waals surface area contributed by atoms with E-state index in [1.54, 1.807) is 7.05 Å². The lowest BCUT2D eigenvalue weighted by Crippen LogP contribution is -2.56. The second-order valence-electron chi connectivity index (χ2n) is 4.87. The first-order valence-electron chi connectivity index (χ1n) is 5.69. The highest BCUT2D eigenvalue weighted by atomic mass is 16.4. The molecular weight excluding hydrogens is 208 g/mol. The molecule has 0 spiro atoms. The third kappa shape index (κ3) is 1.69. The highest BCUT2D eigenvalue weighted by molar-refractivity contribution is 5.86. The lowest BCUT2D eigenvalue weighted by molar-refractivity contribution is -0.156. The second kappa shape index (κ2) is 3.73. The summed E-state index contributed by atoms with van der Waals surface area (Å²) in [5.74, 6) is -1.06. The Morgan fingerprint density at radius 3 is 2.50 bits per heavy atom. The fourth-order valence-electron chi connectivity index (χ4n) is 2.47. The van der Waals surface area contributed by atoms with Crippen molar-refractivity contribution in [1.29, 1.82) is 0 Å². The summed E-state index contributed by atoms with van der Waals surface area (Å²) in [6.07, 6.45) is 2.87. The summed E-state index contributed by atoms with van der Waals surface area (Å²) in [5.41, 5.74) is -1.01. The monoisotopic (exact) mass is 226 g/mol. The highest BCUT2D eigenvalue weighted by Crippen LogP contribution is 2.36. The molecule has 1 aliphatic heterocycles. The van der Waals surface area contributed by atoms with Crippen molar-refractivity contribution in [3.8, 4) is 0 Å². The lowest BCUT2D eigenvalue weighted by Gasteiger charge is -2.34. The minimum atomic E-state index is -1.01. The van der Waals surface area contributed by atoms with Crippen LogP contribution in [0.4, 0.5) is 0 Å². The molecule has 0 radical (unpaired) electrons. The molecule has 2 fully saturated rings. The Morgan fingerprint density at radius 1 is 1.44 bits per heavy atom. The predicted octanol–water partition coefficient (Wildman–Crippen LogP) is 0.156. The van der Waals surface area contributed by atoms with E-state index in [2.05, 4.69) is 4.90 Å². The predicted molar refractivity (Wildman–Crippen MR) is 58.0 cm³/mol. The molecule has 0 aromatic rings. The number of carbonyl (C=O) groups is 2. The zero-order valence-corrected chi connectivity index (χ0v) is 9.77. The van der Waals surface area contributed by atoms with Gasteiger partial charge in [0.1, 0.15) is 0 Å². The maximum atomic E-state index is 11.4. The van der Waals surface area contributed by atoms with Crippen molar-refractivity contribution < 1.29 is 14.7 Å². The number of carboxylic acids is 1. The first-order chi connectivity index (χ1) is 7.47. The van der Waals surface area contributed by atoms with E-state index in [1.807, 2.05) is 0 Å². The highest BCUT2D eigenvalue weighted by Gasteiger charge is 2.51. The molecule has 1 amide bonds. The number of carbonyl (C=O) groups excluding carboxylic acids is 1. The standard InChI is InChI=1S/C11H18N2O3/c1-8(14)12(2)11(10(15)16)5-6-13(7-11)9-3-4-9/h9H,3-7H2,1-2H3,(H,15,16). The number of amides is 1. The fourth-order valence-corrected chi connectivity index (χ4v) is 2.47. The van der Waals surface area contributed by atoms with Crippen LogP contribution < -0.4 is 0 Å². The van der Waals surface area contributed by atoms with E-state index in [-0.39, 0.29) is 5.91 Å². The summed E-state index contributed by atoms with van der Waals surface area (Å²) in [6, 6.07) is 0.557. The van der Waals surface area contributed by atoms with Crippen molar-refractivity contribution in [2.45, 2.75) is 37.8 Å². The van der Waals surface area contributed by atoms with E-state index >= 15 is 0 Å². The van der Waals surface area contributed by atoms with Gasteiger partial charge in [0.2, 0.25) is 5.91 Å². The molecule has 5 nitrogen and oxygen atoms in total. The Hall–Kier alpha value is -1.10. The van der Waals surface area contributed by atoms with E-state index in [4.69, 9.17) is 0 Å². The minimum absolute atomic E-state index is 0.181. The summed E-state index contributed by atoms with van der Waals surface area (Å²) in [5, 5.41) is 9.38. The van der Waals surface area contributed by atoms with Crippen LogP contribution in [0.5, 0.6) is 0 Å². The summed E-state index contributed by atoms with van der Waals surface area (Å²) in [7, 11) is 1.59. The van der Waals surface area contributed by atoms with E-state index < -0.39 is 11.5 Å². The van der Waals surface area contributed by atoms with Gasteiger partial charge in [-0.2, -0.15) is 0 Å². The zero-order chi connectivity index (χ0) is 11.9. The van der Waals surface area contributed by atoms with Crippen LogP contribution in [0.3, 0.4) is 0 Å². The van der Waals surface area contributed by atoms with Gasteiger partial charge in [-0.3, -0.25) is 9.69 Å². The van der Waals surface area contributed by atoms with Crippen LogP contribution in [0.2, 0.25) is 0 Å². The number of likely N-dealkylation sites (N-methyl/N-ethyl adjacent to an activating group) is 1. The summed E-state index contributed by atoms with van der Waals surface area (Å²) >= 11 is 0. The molecule has 90 valence electrons. The maximum absolute atomic E-state index is 11.4. The van der Waals surface area contributed by atoms with Crippen LogP contribution in [0.15, 0.2) is 0 Å². The molecule has 0 aromatic heterocycles. The summed E-state index contributed by atoms with van der Waals surface area (Å²) in [6.45, 7) is 2.68. The number of likely N-dealkylation sites (tertiary alicyclic amines) is 1. The van der Waals surface area contributed by atoms with Crippen LogP contribution in [-0.2, 0) is 9.59 Å². The number of nitrogens with zero attached hydrogens (tertiary/aromatic N) is 2. The Labute approximate surface area is 95.0 Å². The van der Waals surface area contributed by atoms with Crippen molar-refractivity contribution in [3.05, 3.63) is 0 Å².